The first-order chi connectivity index (χ1) is 11.5. The zero-order valence-electron chi connectivity index (χ0n) is 13.7. The van der Waals surface area contributed by atoms with E-state index in [9.17, 15) is 13.2 Å². The number of fused-ring (bicyclic) bond motifs is 1. The molecule has 0 unspecified atom stereocenters. The minimum atomic E-state index is -3.57. The third kappa shape index (κ3) is 3.73. The lowest BCUT2D eigenvalue weighted by atomic mass is 9.97. The highest BCUT2D eigenvalue weighted by Crippen LogP contribution is 2.16. The summed E-state index contributed by atoms with van der Waals surface area (Å²) < 4.78 is 28.3. The number of benzene rings is 1. The van der Waals surface area contributed by atoms with Gasteiger partial charge in [-0.25, -0.2) is 17.8 Å². The topological polar surface area (TPSA) is 81.1 Å². The van der Waals surface area contributed by atoms with Gasteiger partial charge in [0.1, 0.15) is 0 Å². The minimum absolute atomic E-state index is 0.127. The number of sulfonamides is 1. The van der Waals surface area contributed by atoms with Gasteiger partial charge in [0.2, 0.25) is 10.0 Å². The summed E-state index contributed by atoms with van der Waals surface area (Å²) in [6.45, 7) is 2.25. The number of nitrogens with one attached hydrogen (secondary N) is 1. The summed E-state index contributed by atoms with van der Waals surface area (Å²) in [7, 11) is -3.57. The first-order valence-electron chi connectivity index (χ1n) is 8.12. The number of aryl methyl sites for hydroxylation is 3. The van der Waals surface area contributed by atoms with E-state index in [0.29, 0.717) is 0 Å². The molecule has 128 valence electrons. The van der Waals surface area contributed by atoms with Gasteiger partial charge in [-0.2, -0.15) is 5.10 Å². The zero-order chi connectivity index (χ0) is 17.2. The number of hydrogen-bond donors (Lipinski definition) is 1. The van der Waals surface area contributed by atoms with E-state index < -0.39 is 10.0 Å². The van der Waals surface area contributed by atoms with Crippen molar-refractivity contribution in [3.8, 4) is 0 Å². The van der Waals surface area contributed by atoms with Crippen LogP contribution in [0.5, 0.6) is 0 Å². The van der Waals surface area contributed by atoms with E-state index in [1.165, 1.54) is 4.68 Å². The van der Waals surface area contributed by atoms with Gasteiger partial charge in [-0.3, -0.25) is 4.79 Å². The maximum atomic E-state index is 12.2. The minimum Gasteiger partial charge on any atom is -0.268 e. The first kappa shape index (κ1) is 16.9. The Hall–Kier alpha value is -1.99. The van der Waals surface area contributed by atoms with Crippen molar-refractivity contribution in [3.05, 3.63) is 57.5 Å². The summed E-state index contributed by atoms with van der Waals surface area (Å²) in [5, 5.41) is 4.39. The molecule has 0 saturated carbocycles. The molecule has 1 aliphatic rings. The van der Waals surface area contributed by atoms with Crippen LogP contribution < -0.4 is 10.3 Å². The molecule has 1 aromatic carbocycles. The molecule has 0 fully saturated rings. The van der Waals surface area contributed by atoms with Crippen molar-refractivity contribution in [1.29, 1.82) is 0 Å². The molecule has 0 spiro atoms. The van der Waals surface area contributed by atoms with Crippen LogP contribution in [0.1, 0.15) is 29.7 Å². The molecule has 2 aromatic rings. The fourth-order valence-corrected chi connectivity index (χ4v) is 3.87. The molecular weight excluding hydrogens is 326 g/mol. The van der Waals surface area contributed by atoms with Crippen LogP contribution >= 0.6 is 0 Å². The molecule has 0 amide bonds. The lowest BCUT2D eigenvalue weighted by Crippen LogP contribution is -2.33. The molecular formula is C17H21N3O3S. The molecule has 0 radical (unpaired) electrons. The first-order valence-corrected chi connectivity index (χ1v) is 9.60. The Morgan fingerprint density at radius 3 is 2.62 bits per heavy atom. The molecule has 6 nitrogen and oxygen atoms in total. The van der Waals surface area contributed by atoms with E-state index in [-0.39, 0.29) is 23.5 Å². The van der Waals surface area contributed by atoms with Gasteiger partial charge in [-0.15, -0.1) is 0 Å². The third-order valence-electron chi connectivity index (χ3n) is 4.22. The van der Waals surface area contributed by atoms with Crippen molar-refractivity contribution in [2.24, 2.45) is 0 Å². The quantitative estimate of drug-likeness (QED) is 0.887. The van der Waals surface area contributed by atoms with Gasteiger partial charge in [-0.1, -0.05) is 17.7 Å². The average molecular weight is 347 g/mol. The van der Waals surface area contributed by atoms with Gasteiger partial charge < -0.3 is 0 Å². The summed E-state index contributed by atoms with van der Waals surface area (Å²) >= 11 is 0. The van der Waals surface area contributed by atoms with E-state index in [2.05, 4.69) is 9.82 Å². The van der Waals surface area contributed by atoms with Crippen molar-refractivity contribution in [1.82, 2.24) is 14.5 Å². The number of aromatic nitrogens is 2. The standard InChI is InChI=1S/C17H21N3O3S/c1-13-6-8-15(9-7-13)24(22,23)18-10-11-20-17(21)12-14-4-2-3-5-16(14)19-20/h6-9,12,18H,2-5,10-11H2,1H3. The van der Waals surface area contributed by atoms with Crippen molar-refractivity contribution < 1.29 is 8.42 Å². The van der Waals surface area contributed by atoms with Crippen LogP contribution in [0.15, 0.2) is 40.0 Å². The Morgan fingerprint density at radius 2 is 1.88 bits per heavy atom. The van der Waals surface area contributed by atoms with Gasteiger partial charge in [0.25, 0.3) is 5.56 Å². The van der Waals surface area contributed by atoms with E-state index in [0.717, 1.165) is 42.5 Å². The fourth-order valence-electron chi connectivity index (χ4n) is 2.85. The van der Waals surface area contributed by atoms with Gasteiger partial charge in [0, 0.05) is 12.6 Å². The molecule has 1 heterocycles. The largest absolute Gasteiger partial charge is 0.268 e. The average Bonchev–Trinajstić information content (AvgIpc) is 2.55. The Kier molecular flexibility index (Phi) is 4.82. The Morgan fingerprint density at radius 1 is 1.17 bits per heavy atom. The summed E-state index contributed by atoms with van der Waals surface area (Å²) in [4.78, 5) is 12.3. The van der Waals surface area contributed by atoms with Crippen molar-refractivity contribution in [3.63, 3.8) is 0 Å². The SMILES string of the molecule is Cc1ccc(S(=O)(=O)NCCn2nc3c(cc2=O)CCCC3)cc1. The highest BCUT2D eigenvalue weighted by molar-refractivity contribution is 7.89. The maximum absolute atomic E-state index is 12.2. The number of nitrogens with zero attached hydrogens (tertiary/aromatic N) is 2. The second kappa shape index (κ2) is 6.86. The van der Waals surface area contributed by atoms with Crippen LogP contribution in [0.2, 0.25) is 0 Å². The molecule has 0 bridgehead atoms. The monoisotopic (exact) mass is 347 g/mol. The molecule has 1 N–H and O–H groups in total. The van der Waals surface area contributed by atoms with Crippen LogP contribution in [0.3, 0.4) is 0 Å². The lowest BCUT2D eigenvalue weighted by molar-refractivity contribution is 0.526. The van der Waals surface area contributed by atoms with Gasteiger partial charge in [-0.05, 0) is 50.3 Å². The van der Waals surface area contributed by atoms with E-state index in [4.69, 9.17) is 0 Å². The Labute approximate surface area is 141 Å². The predicted octanol–water partition coefficient (Wildman–Crippen LogP) is 1.41. The molecule has 3 rings (SSSR count). The molecule has 0 saturated heterocycles. The Bertz CT molecular complexity index is 886. The number of hydrogen-bond acceptors (Lipinski definition) is 4. The lowest BCUT2D eigenvalue weighted by Gasteiger charge is -2.16. The number of rotatable bonds is 5. The Balaban J connectivity index is 1.68. The zero-order valence-corrected chi connectivity index (χ0v) is 14.5. The van der Waals surface area contributed by atoms with Gasteiger partial charge >= 0.3 is 0 Å². The molecule has 1 aromatic heterocycles. The highest BCUT2D eigenvalue weighted by Gasteiger charge is 2.15. The van der Waals surface area contributed by atoms with Crippen LogP contribution in [0.4, 0.5) is 0 Å². The second-order valence-electron chi connectivity index (χ2n) is 6.10. The summed E-state index contributed by atoms with van der Waals surface area (Å²) in [5.74, 6) is 0. The smallest absolute Gasteiger partial charge is 0.267 e. The summed E-state index contributed by atoms with van der Waals surface area (Å²) in [6, 6.07) is 8.28. The van der Waals surface area contributed by atoms with Crippen LogP contribution in [-0.2, 0) is 29.4 Å². The molecule has 24 heavy (non-hydrogen) atoms. The molecule has 7 heteroatoms. The predicted molar refractivity (Wildman–Crippen MR) is 91.5 cm³/mol. The van der Waals surface area contributed by atoms with Crippen LogP contribution in [0, 0.1) is 6.92 Å². The highest BCUT2D eigenvalue weighted by atomic mass is 32.2. The normalized spacial score (nSPS) is 14.4. The van der Waals surface area contributed by atoms with Gasteiger partial charge in [0.05, 0.1) is 17.1 Å². The summed E-state index contributed by atoms with van der Waals surface area (Å²) in [5.41, 5.74) is 2.81. The van der Waals surface area contributed by atoms with Crippen molar-refractivity contribution >= 4 is 10.0 Å². The molecule has 0 atom stereocenters. The molecule has 1 aliphatic carbocycles. The summed E-state index contributed by atoms with van der Waals surface area (Å²) in [6.07, 6.45) is 3.95. The van der Waals surface area contributed by atoms with Gasteiger partial charge in [0.15, 0.2) is 0 Å². The second-order valence-corrected chi connectivity index (χ2v) is 7.86. The van der Waals surface area contributed by atoms with Crippen molar-refractivity contribution in [2.75, 3.05) is 6.54 Å². The van der Waals surface area contributed by atoms with E-state index in [1.54, 1.807) is 30.3 Å². The van der Waals surface area contributed by atoms with E-state index in [1.807, 2.05) is 6.92 Å². The fraction of sp³-hybridized carbons (Fsp3) is 0.412. The van der Waals surface area contributed by atoms with Crippen molar-refractivity contribution in [2.45, 2.75) is 44.0 Å². The molecule has 0 aliphatic heterocycles. The maximum Gasteiger partial charge on any atom is 0.267 e. The van der Waals surface area contributed by atoms with Crippen LogP contribution in [0.25, 0.3) is 0 Å². The van der Waals surface area contributed by atoms with E-state index >= 15 is 0 Å². The third-order valence-corrected chi connectivity index (χ3v) is 5.70. The van der Waals surface area contributed by atoms with Crippen LogP contribution in [-0.4, -0.2) is 24.7 Å².